The van der Waals surface area contributed by atoms with Crippen LogP contribution in [0, 0.1) is 0 Å². The quantitative estimate of drug-likeness (QED) is 0.712. The van der Waals surface area contributed by atoms with Crippen LogP contribution in [0.1, 0.15) is 50.5 Å². The van der Waals surface area contributed by atoms with Crippen LogP contribution in [0.25, 0.3) is 0 Å². The average Bonchev–Trinajstić information content (AvgIpc) is 2.61. The van der Waals surface area contributed by atoms with Crippen molar-refractivity contribution in [3.63, 3.8) is 0 Å². The zero-order valence-corrected chi connectivity index (χ0v) is 14.8. The second-order valence-electron chi connectivity index (χ2n) is 6.21. The number of hydrogen-bond acceptors (Lipinski definition) is 3. The summed E-state index contributed by atoms with van der Waals surface area (Å²) in [6.45, 7) is 4.20. The Labute approximate surface area is 152 Å². The molecule has 2 aromatic carbocycles. The van der Waals surface area contributed by atoms with Gasteiger partial charge in [-0.2, -0.15) is 0 Å². The number of carbonyl (C=O) groups excluding carboxylic acids is 2. The Morgan fingerprint density at radius 2 is 1.35 bits per heavy atom. The monoisotopic (exact) mass is 354 g/mol. The number of carboxylic acid groups (broad SMARTS) is 1. The fraction of sp³-hybridized carbons (Fsp3) is 0.250. The van der Waals surface area contributed by atoms with Gasteiger partial charge in [0.05, 0.1) is 5.56 Å². The number of carbonyl (C=O) groups is 3. The van der Waals surface area contributed by atoms with E-state index in [2.05, 4.69) is 10.6 Å². The van der Waals surface area contributed by atoms with E-state index >= 15 is 0 Å². The Morgan fingerprint density at radius 3 is 1.85 bits per heavy atom. The van der Waals surface area contributed by atoms with E-state index in [1.54, 1.807) is 48.5 Å². The lowest BCUT2D eigenvalue weighted by molar-refractivity contribution is 0.0696. The fourth-order valence-corrected chi connectivity index (χ4v) is 2.35. The van der Waals surface area contributed by atoms with E-state index < -0.39 is 5.97 Å². The first kappa shape index (κ1) is 19.2. The third-order valence-corrected chi connectivity index (χ3v) is 3.73. The molecule has 0 fully saturated rings. The maximum absolute atomic E-state index is 12.1. The van der Waals surface area contributed by atoms with E-state index in [-0.39, 0.29) is 23.4 Å². The van der Waals surface area contributed by atoms with Crippen LogP contribution in [0.5, 0.6) is 0 Å². The van der Waals surface area contributed by atoms with Crippen LogP contribution in [0.3, 0.4) is 0 Å². The Bertz CT molecular complexity index is 780. The van der Waals surface area contributed by atoms with Gasteiger partial charge in [-0.05, 0) is 62.2 Å². The molecule has 0 saturated heterocycles. The van der Waals surface area contributed by atoms with Crippen molar-refractivity contribution in [1.82, 2.24) is 10.6 Å². The van der Waals surface area contributed by atoms with Crippen LogP contribution in [0.4, 0.5) is 0 Å². The van der Waals surface area contributed by atoms with Crippen molar-refractivity contribution in [2.45, 2.75) is 26.3 Å². The highest BCUT2D eigenvalue weighted by molar-refractivity contribution is 5.97. The van der Waals surface area contributed by atoms with Crippen LogP contribution >= 0.6 is 0 Å². The molecule has 0 aliphatic heterocycles. The summed E-state index contributed by atoms with van der Waals surface area (Å²) in [5, 5.41) is 14.5. The Kier molecular flexibility index (Phi) is 6.49. The topological polar surface area (TPSA) is 95.5 Å². The molecule has 0 radical (unpaired) electrons. The lowest BCUT2D eigenvalue weighted by Crippen LogP contribution is -2.30. The molecule has 0 heterocycles. The Morgan fingerprint density at radius 1 is 0.846 bits per heavy atom. The van der Waals surface area contributed by atoms with Gasteiger partial charge >= 0.3 is 5.97 Å². The number of rotatable bonds is 7. The first-order chi connectivity index (χ1) is 12.4. The maximum Gasteiger partial charge on any atom is 0.335 e. The largest absolute Gasteiger partial charge is 0.478 e. The lowest BCUT2D eigenvalue weighted by atomic mass is 10.1. The summed E-state index contributed by atoms with van der Waals surface area (Å²) in [6.07, 6.45) is 0.598. The number of aromatic carboxylic acids is 1. The average molecular weight is 354 g/mol. The van der Waals surface area contributed by atoms with Crippen LogP contribution in [0.15, 0.2) is 48.5 Å². The smallest absolute Gasteiger partial charge is 0.335 e. The van der Waals surface area contributed by atoms with Gasteiger partial charge in [0.15, 0.2) is 0 Å². The van der Waals surface area contributed by atoms with Crippen molar-refractivity contribution < 1.29 is 19.5 Å². The van der Waals surface area contributed by atoms with Crippen LogP contribution in [-0.2, 0) is 6.42 Å². The molecule has 0 atom stereocenters. The van der Waals surface area contributed by atoms with Gasteiger partial charge in [0.2, 0.25) is 0 Å². The van der Waals surface area contributed by atoms with Gasteiger partial charge in [-0.1, -0.05) is 12.1 Å². The zero-order valence-electron chi connectivity index (χ0n) is 14.8. The molecule has 0 aromatic heterocycles. The minimum atomic E-state index is -0.963. The van der Waals surface area contributed by atoms with E-state index in [0.29, 0.717) is 24.1 Å². The molecule has 0 unspecified atom stereocenters. The molecule has 0 spiro atoms. The van der Waals surface area contributed by atoms with E-state index in [0.717, 1.165) is 5.56 Å². The summed E-state index contributed by atoms with van der Waals surface area (Å²) < 4.78 is 0. The summed E-state index contributed by atoms with van der Waals surface area (Å²) in [6, 6.07) is 13.1. The van der Waals surface area contributed by atoms with E-state index in [4.69, 9.17) is 5.11 Å². The lowest BCUT2D eigenvalue weighted by Gasteiger charge is -2.09. The molecule has 0 saturated carbocycles. The fourth-order valence-electron chi connectivity index (χ4n) is 2.35. The second-order valence-corrected chi connectivity index (χ2v) is 6.21. The maximum atomic E-state index is 12.1. The molecule has 136 valence electrons. The molecule has 3 N–H and O–H groups in total. The van der Waals surface area contributed by atoms with Gasteiger partial charge in [-0.25, -0.2) is 4.79 Å². The van der Waals surface area contributed by atoms with Crippen LogP contribution < -0.4 is 10.6 Å². The summed E-state index contributed by atoms with van der Waals surface area (Å²) >= 11 is 0. The predicted octanol–water partition coefficient (Wildman–Crippen LogP) is 2.50. The highest BCUT2D eigenvalue weighted by Crippen LogP contribution is 2.07. The molecule has 2 aromatic rings. The van der Waals surface area contributed by atoms with E-state index in [1.807, 2.05) is 13.8 Å². The molecule has 2 rings (SSSR count). The highest BCUT2D eigenvalue weighted by Gasteiger charge is 2.09. The summed E-state index contributed by atoms with van der Waals surface area (Å²) in [4.78, 5) is 34.8. The van der Waals surface area contributed by atoms with E-state index in [9.17, 15) is 14.4 Å². The zero-order chi connectivity index (χ0) is 19.1. The van der Waals surface area contributed by atoms with Crippen molar-refractivity contribution in [3.05, 3.63) is 70.8 Å². The molecule has 6 nitrogen and oxygen atoms in total. The normalized spacial score (nSPS) is 10.4. The first-order valence-electron chi connectivity index (χ1n) is 8.38. The summed E-state index contributed by atoms with van der Waals surface area (Å²) in [5.74, 6) is -1.35. The molecule has 6 heteroatoms. The van der Waals surface area contributed by atoms with Crippen LogP contribution in [-0.4, -0.2) is 35.5 Å². The number of amides is 2. The van der Waals surface area contributed by atoms with Crippen molar-refractivity contribution in [2.75, 3.05) is 6.54 Å². The van der Waals surface area contributed by atoms with Crippen molar-refractivity contribution in [2.24, 2.45) is 0 Å². The number of nitrogens with one attached hydrogen (secondary N) is 2. The predicted molar refractivity (Wildman–Crippen MR) is 98.5 cm³/mol. The molecule has 2 amide bonds. The van der Waals surface area contributed by atoms with Gasteiger partial charge in [0.1, 0.15) is 0 Å². The van der Waals surface area contributed by atoms with Gasteiger partial charge in [0.25, 0.3) is 11.8 Å². The van der Waals surface area contributed by atoms with Crippen LogP contribution in [0.2, 0.25) is 0 Å². The molecule has 26 heavy (non-hydrogen) atoms. The van der Waals surface area contributed by atoms with Gasteiger partial charge in [-0.3, -0.25) is 9.59 Å². The standard InChI is InChI=1S/C20H22N2O4/c1-13(2)22-19(24)16-9-7-15(8-10-16)18(23)21-12-11-14-3-5-17(6-4-14)20(25)26/h3-10,13H,11-12H2,1-2H3,(H,21,23)(H,22,24)(H,25,26). The minimum absolute atomic E-state index is 0.0510. The van der Waals surface area contributed by atoms with Crippen molar-refractivity contribution in [1.29, 1.82) is 0 Å². The number of hydrogen-bond donors (Lipinski definition) is 3. The Balaban J connectivity index is 1.85. The molecule has 0 aliphatic rings. The number of carboxylic acids is 1. The SMILES string of the molecule is CC(C)NC(=O)c1ccc(C(=O)NCCc2ccc(C(=O)O)cc2)cc1. The molecule has 0 aliphatic carbocycles. The highest BCUT2D eigenvalue weighted by atomic mass is 16.4. The third-order valence-electron chi connectivity index (χ3n) is 3.73. The second kappa shape index (κ2) is 8.80. The molecular weight excluding hydrogens is 332 g/mol. The Hall–Kier alpha value is -3.15. The van der Waals surface area contributed by atoms with Gasteiger partial charge < -0.3 is 15.7 Å². The van der Waals surface area contributed by atoms with E-state index in [1.165, 1.54) is 0 Å². The van der Waals surface area contributed by atoms with Crippen molar-refractivity contribution in [3.8, 4) is 0 Å². The van der Waals surface area contributed by atoms with Gasteiger partial charge in [0, 0.05) is 23.7 Å². The minimum Gasteiger partial charge on any atom is -0.478 e. The molecule has 0 bridgehead atoms. The molecular formula is C20H22N2O4. The number of benzene rings is 2. The third kappa shape index (κ3) is 5.44. The van der Waals surface area contributed by atoms with Gasteiger partial charge in [-0.15, -0.1) is 0 Å². The van der Waals surface area contributed by atoms with Crippen molar-refractivity contribution >= 4 is 17.8 Å². The summed E-state index contributed by atoms with van der Waals surface area (Å²) in [7, 11) is 0. The first-order valence-corrected chi connectivity index (χ1v) is 8.38. The summed E-state index contributed by atoms with van der Waals surface area (Å²) in [5.41, 5.74) is 2.16.